The van der Waals surface area contributed by atoms with E-state index in [1.165, 1.54) is 18.2 Å². The largest absolute Gasteiger partial charge is 0.338 e. The molecular formula is C27H28N4O6S. The van der Waals surface area contributed by atoms with E-state index < -0.39 is 37.5 Å². The van der Waals surface area contributed by atoms with Crippen LogP contribution in [0.3, 0.4) is 0 Å². The number of aldehydes is 1. The maximum Gasteiger partial charge on any atom is 0.289 e. The lowest BCUT2D eigenvalue weighted by molar-refractivity contribution is -0.387. The first-order chi connectivity index (χ1) is 18.3. The molecule has 0 aliphatic carbocycles. The zero-order chi connectivity index (χ0) is 27.1. The predicted molar refractivity (Wildman–Crippen MR) is 142 cm³/mol. The van der Waals surface area contributed by atoms with Crippen molar-refractivity contribution in [2.45, 2.75) is 36.7 Å². The molecule has 0 bridgehead atoms. The Balaban J connectivity index is 1.67. The summed E-state index contributed by atoms with van der Waals surface area (Å²) in [4.78, 5) is 37.2. The molecule has 3 aromatic carbocycles. The normalized spacial score (nSPS) is 14.8. The van der Waals surface area contributed by atoms with Gasteiger partial charge < -0.3 is 10.1 Å². The minimum atomic E-state index is -4.36. The van der Waals surface area contributed by atoms with Crippen molar-refractivity contribution in [1.29, 1.82) is 0 Å². The number of anilines is 1. The highest BCUT2D eigenvalue weighted by atomic mass is 32.2. The number of sulfonamides is 1. The van der Waals surface area contributed by atoms with Crippen molar-refractivity contribution in [3.8, 4) is 0 Å². The average Bonchev–Trinajstić information content (AvgIpc) is 2.93. The molecule has 1 atom stereocenters. The van der Waals surface area contributed by atoms with Gasteiger partial charge in [-0.3, -0.25) is 24.5 Å². The van der Waals surface area contributed by atoms with E-state index in [1.54, 1.807) is 42.5 Å². The molecule has 1 unspecified atom stereocenters. The van der Waals surface area contributed by atoms with E-state index in [0.717, 1.165) is 44.5 Å². The van der Waals surface area contributed by atoms with Crippen LogP contribution < -0.4 is 10.0 Å². The minimum Gasteiger partial charge on any atom is -0.338 e. The molecule has 198 valence electrons. The third-order valence-electron chi connectivity index (χ3n) is 6.39. The van der Waals surface area contributed by atoms with Crippen LogP contribution in [-0.2, 0) is 21.4 Å². The molecule has 1 heterocycles. The van der Waals surface area contributed by atoms with Crippen molar-refractivity contribution in [3.05, 3.63) is 99.6 Å². The summed E-state index contributed by atoms with van der Waals surface area (Å²) in [6.45, 7) is 2.16. The van der Waals surface area contributed by atoms with Gasteiger partial charge in [0, 0.05) is 18.2 Å². The highest BCUT2D eigenvalue weighted by Crippen LogP contribution is 2.29. The Morgan fingerprint density at radius 3 is 2.37 bits per heavy atom. The lowest BCUT2D eigenvalue weighted by Gasteiger charge is -2.27. The van der Waals surface area contributed by atoms with Crippen LogP contribution in [0.5, 0.6) is 0 Å². The maximum atomic E-state index is 13.3. The van der Waals surface area contributed by atoms with Crippen molar-refractivity contribution >= 4 is 33.6 Å². The van der Waals surface area contributed by atoms with Crippen LogP contribution in [-0.4, -0.2) is 43.5 Å². The van der Waals surface area contributed by atoms with E-state index in [0.29, 0.717) is 24.0 Å². The van der Waals surface area contributed by atoms with Crippen molar-refractivity contribution in [3.63, 3.8) is 0 Å². The van der Waals surface area contributed by atoms with Crippen LogP contribution in [0.1, 0.15) is 46.8 Å². The number of carbonyl (C=O) groups excluding carboxylic acids is 2. The Kier molecular flexibility index (Phi) is 8.49. The molecule has 3 aromatic rings. The molecule has 0 spiro atoms. The molecule has 2 N–H and O–H groups in total. The number of carbonyl (C=O) groups is 2. The van der Waals surface area contributed by atoms with Crippen LogP contribution in [0.4, 0.5) is 11.4 Å². The van der Waals surface area contributed by atoms with Gasteiger partial charge in [-0.05, 0) is 55.3 Å². The van der Waals surface area contributed by atoms with Crippen molar-refractivity contribution < 1.29 is 22.9 Å². The van der Waals surface area contributed by atoms with E-state index in [1.807, 2.05) is 0 Å². The number of amides is 1. The molecule has 0 aromatic heterocycles. The van der Waals surface area contributed by atoms with E-state index in [2.05, 4.69) is 14.9 Å². The molecule has 38 heavy (non-hydrogen) atoms. The van der Waals surface area contributed by atoms with E-state index in [-0.39, 0.29) is 11.3 Å². The second-order valence-electron chi connectivity index (χ2n) is 9.04. The van der Waals surface area contributed by atoms with Gasteiger partial charge in [0.25, 0.3) is 21.6 Å². The number of nitrogens with one attached hydrogen (secondary N) is 2. The van der Waals surface area contributed by atoms with Gasteiger partial charge in [0.05, 0.1) is 10.6 Å². The van der Waals surface area contributed by atoms with Gasteiger partial charge in [-0.15, -0.1) is 0 Å². The van der Waals surface area contributed by atoms with Gasteiger partial charge in [0.2, 0.25) is 0 Å². The Bertz CT molecular complexity index is 1420. The lowest BCUT2D eigenvalue weighted by atomic mass is 10.0. The van der Waals surface area contributed by atoms with E-state index in [9.17, 15) is 28.1 Å². The highest BCUT2D eigenvalue weighted by Gasteiger charge is 2.27. The number of nitrogens with zero attached hydrogens (tertiary/aromatic N) is 2. The number of hydrogen-bond acceptors (Lipinski definition) is 7. The Morgan fingerprint density at radius 2 is 1.68 bits per heavy atom. The third kappa shape index (κ3) is 6.42. The van der Waals surface area contributed by atoms with Gasteiger partial charge >= 0.3 is 0 Å². The summed E-state index contributed by atoms with van der Waals surface area (Å²) in [7, 11) is -4.36. The van der Waals surface area contributed by atoms with E-state index >= 15 is 0 Å². The molecule has 11 heteroatoms. The molecule has 0 radical (unpaired) electrons. The van der Waals surface area contributed by atoms with Gasteiger partial charge in [-0.25, -0.2) is 8.42 Å². The second-order valence-corrected chi connectivity index (χ2v) is 10.7. The summed E-state index contributed by atoms with van der Waals surface area (Å²) < 4.78 is 29.0. The average molecular weight is 537 g/mol. The van der Waals surface area contributed by atoms with Gasteiger partial charge in [0.1, 0.15) is 12.3 Å². The Morgan fingerprint density at radius 1 is 1.00 bits per heavy atom. The summed E-state index contributed by atoms with van der Waals surface area (Å²) in [5, 5.41) is 14.1. The SMILES string of the molecule is O=CC(NC(=O)c1ccc(CN2CCCCC2)c(NS(=O)(=O)c2ccccc2[N+](=O)[O-])c1)c1ccccc1. The number of para-hydroxylation sites is 1. The monoisotopic (exact) mass is 536 g/mol. The summed E-state index contributed by atoms with van der Waals surface area (Å²) in [6.07, 6.45) is 3.82. The lowest BCUT2D eigenvalue weighted by Crippen LogP contribution is -2.31. The molecule has 0 saturated carbocycles. The molecule has 1 aliphatic heterocycles. The number of nitro groups is 1. The van der Waals surface area contributed by atoms with Crippen LogP contribution >= 0.6 is 0 Å². The van der Waals surface area contributed by atoms with Crippen LogP contribution in [0.2, 0.25) is 0 Å². The topological polar surface area (TPSA) is 139 Å². The number of piperidine rings is 1. The van der Waals surface area contributed by atoms with E-state index in [4.69, 9.17) is 0 Å². The number of nitro benzene ring substituents is 1. The zero-order valence-electron chi connectivity index (χ0n) is 20.6. The van der Waals surface area contributed by atoms with Crippen LogP contribution in [0.25, 0.3) is 0 Å². The quantitative estimate of drug-likeness (QED) is 0.226. The molecule has 1 amide bonds. The first kappa shape index (κ1) is 27.0. The van der Waals surface area contributed by atoms with Crippen molar-refractivity contribution in [2.75, 3.05) is 17.8 Å². The molecule has 4 rings (SSSR count). The standard InChI is InChI=1S/C27H28N4O6S/c32-19-24(20-9-3-1-4-10-20)28-27(33)21-13-14-22(18-30-15-7-2-8-16-30)23(17-21)29-38(36,37)26-12-6-5-11-25(26)31(34)35/h1,3-6,9-14,17,19,24,29H,2,7-8,15-16,18H2,(H,28,33). The van der Waals surface area contributed by atoms with Gasteiger partial charge in [-0.2, -0.15) is 0 Å². The molecule has 1 fully saturated rings. The number of rotatable bonds is 10. The summed E-state index contributed by atoms with van der Waals surface area (Å²) >= 11 is 0. The predicted octanol–water partition coefficient (Wildman–Crippen LogP) is 4.05. The first-order valence-electron chi connectivity index (χ1n) is 12.2. The van der Waals surface area contributed by atoms with Crippen molar-refractivity contribution in [1.82, 2.24) is 10.2 Å². The molecule has 1 aliphatic rings. The fourth-order valence-corrected chi connectivity index (χ4v) is 5.69. The smallest absolute Gasteiger partial charge is 0.289 e. The summed E-state index contributed by atoms with van der Waals surface area (Å²) in [5.41, 5.74) is 0.956. The molecular weight excluding hydrogens is 508 g/mol. The van der Waals surface area contributed by atoms with Crippen LogP contribution in [0, 0.1) is 10.1 Å². The minimum absolute atomic E-state index is 0.135. The first-order valence-corrected chi connectivity index (χ1v) is 13.7. The Hall–Kier alpha value is -4.09. The number of likely N-dealkylation sites (tertiary alicyclic amines) is 1. The van der Waals surface area contributed by atoms with Gasteiger partial charge in [0.15, 0.2) is 4.90 Å². The maximum absolute atomic E-state index is 13.3. The second kappa shape index (κ2) is 12.0. The fourth-order valence-electron chi connectivity index (χ4n) is 4.42. The zero-order valence-corrected chi connectivity index (χ0v) is 21.4. The van der Waals surface area contributed by atoms with Crippen LogP contribution in [0.15, 0.2) is 77.7 Å². The molecule has 1 saturated heterocycles. The number of benzene rings is 3. The fraction of sp³-hybridized carbons (Fsp3) is 0.259. The van der Waals surface area contributed by atoms with Gasteiger partial charge in [-0.1, -0.05) is 55.0 Å². The molecule has 10 nitrogen and oxygen atoms in total. The highest BCUT2D eigenvalue weighted by molar-refractivity contribution is 7.92. The summed E-state index contributed by atoms with van der Waals surface area (Å²) in [5.74, 6) is -0.568. The number of hydrogen-bond donors (Lipinski definition) is 2. The Labute approximate surface area is 220 Å². The summed E-state index contributed by atoms with van der Waals surface area (Å²) in [6, 6.07) is 17.6. The van der Waals surface area contributed by atoms with Crippen molar-refractivity contribution in [2.24, 2.45) is 0 Å². The third-order valence-corrected chi connectivity index (χ3v) is 7.80.